The highest BCUT2D eigenvalue weighted by Gasteiger charge is 2.05. The molecule has 0 unspecified atom stereocenters. The molecule has 2 rings (SSSR count). The van der Waals surface area contributed by atoms with Crippen LogP contribution in [-0.4, -0.2) is 30.5 Å². The zero-order chi connectivity index (χ0) is 12.6. The molecule has 0 bridgehead atoms. The molecule has 18 heavy (non-hydrogen) atoms. The van der Waals surface area contributed by atoms with Crippen molar-refractivity contribution >= 4 is 12.4 Å². The number of hydrogen-bond acceptors (Lipinski definition) is 3. The number of piperidine rings is 1. The zero-order valence-electron chi connectivity index (χ0n) is 10.4. The molecule has 0 amide bonds. The van der Waals surface area contributed by atoms with Gasteiger partial charge in [-0.3, -0.25) is 10.0 Å². The van der Waals surface area contributed by atoms with Crippen molar-refractivity contribution in [3.05, 3.63) is 35.6 Å². The van der Waals surface area contributed by atoms with Gasteiger partial charge in [-0.2, -0.15) is 5.10 Å². The summed E-state index contributed by atoms with van der Waals surface area (Å²) in [6, 6.07) is 6.49. The first-order valence-electron chi connectivity index (χ1n) is 6.36. The Morgan fingerprint density at radius 1 is 1.17 bits per heavy atom. The molecule has 1 fully saturated rings. The summed E-state index contributed by atoms with van der Waals surface area (Å²) in [5, 5.41) is 6.38. The summed E-state index contributed by atoms with van der Waals surface area (Å²) >= 11 is 0. The topological polar surface area (TPSA) is 28.0 Å². The van der Waals surface area contributed by atoms with E-state index in [4.69, 9.17) is 0 Å². The van der Waals surface area contributed by atoms with Gasteiger partial charge in [0.15, 0.2) is 0 Å². The molecule has 0 saturated carbocycles. The Bertz CT molecular complexity index is 423. The first-order chi connectivity index (χ1) is 8.84. The SMILES string of the molecule is Fc1cccc(CN=C/C=N/N2CCCCC2)c1. The van der Waals surface area contributed by atoms with E-state index in [0.717, 1.165) is 18.7 Å². The molecular formula is C14H18FN3. The van der Waals surface area contributed by atoms with Crippen molar-refractivity contribution < 1.29 is 4.39 Å². The zero-order valence-corrected chi connectivity index (χ0v) is 10.4. The molecule has 1 saturated heterocycles. The Kier molecular flexibility index (Phi) is 4.88. The minimum absolute atomic E-state index is 0.218. The van der Waals surface area contributed by atoms with Crippen LogP contribution in [0.5, 0.6) is 0 Å². The van der Waals surface area contributed by atoms with Gasteiger partial charge in [0, 0.05) is 19.3 Å². The molecule has 3 nitrogen and oxygen atoms in total. The molecule has 0 aromatic heterocycles. The molecule has 0 aliphatic carbocycles. The highest BCUT2D eigenvalue weighted by atomic mass is 19.1. The van der Waals surface area contributed by atoms with Gasteiger partial charge in [-0.05, 0) is 37.0 Å². The summed E-state index contributed by atoms with van der Waals surface area (Å²) in [6.07, 6.45) is 7.14. The van der Waals surface area contributed by atoms with Gasteiger partial charge in [0.1, 0.15) is 5.82 Å². The normalized spacial score (nSPS) is 16.8. The van der Waals surface area contributed by atoms with E-state index < -0.39 is 0 Å². The van der Waals surface area contributed by atoms with Crippen molar-refractivity contribution in [3.63, 3.8) is 0 Å². The summed E-state index contributed by atoms with van der Waals surface area (Å²) in [5.41, 5.74) is 0.873. The lowest BCUT2D eigenvalue weighted by Crippen LogP contribution is -2.24. The third kappa shape index (κ3) is 4.28. The van der Waals surface area contributed by atoms with E-state index in [-0.39, 0.29) is 5.82 Å². The highest BCUT2D eigenvalue weighted by molar-refractivity contribution is 6.15. The van der Waals surface area contributed by atoms with Crippen molar-refractivity contribution in [1.82, 2.24) is 5.01 Å². The Balaban J connectivity index is 1.75. The van der Waals surface area contributed by atoms with E-state index in [1.54, 1.807) is 18.5 Å². The van der Waals surface area contributed by atoms with Crippen LogP contribution < -0.4 is 0 Å². The van der Waals surface area contributed by atoms with Crippen LogP contribution in [0, 0.1) is 5.82 Å². The number of nitrogens with zero attached hydrogens (tertiary/aromatic N) is 3. The van der Waals surface area contributed by atoms with Crippen molar-refractivity contribution in [1.29, 1.82) is 0 Å². The molecular weight excluding hydrogens is 229 g/mol. The van der Waals surface area contributed by atoms with Gasteiger partial charge in [-0.25, -0.2) is 4.39 Å². The van der Waals surface area contributed by atoms with E-state index in [1.807, 2.05) is 6.07 Å². The fourth-order valence-corrected chi connectivity index (χ4v) is 1.96. The van der Waals surface area contributed by atoms with Crippen LogP contribution in [0.3, 0.4) is 0 Å². The van der Waals surface area contributed by atoms with Crippen LogP contribution in [0.15, 0.2) is 34.4 Å². The largest absolute Gasteiger partial charge is 0.297 e. The maximum atomic E-state index is 12.9. The number of halogens is 1. The first kappa shape index (κ1) is 12.7. The number of benzene rings is 1. The quantitative estimate of drug-likeness (QED) is 0.752. The molecule has 4 heteroatoms. The van der Waals surface area contributed by atoms with Crippen molar-refractivity contribution in [2.45, 2.75) is 25.8 Å². The Labute approximate surface area is 107 Å². The maximum absolute atomic E-state index is 12.9. The molecule has 0 radical (unpaired) electrons. The molecule has 0 spiro atoms. The average molecular weight is 247 g/mol. The summed E-state index contributed by atoms with van der Waals surface area (Å²) in [6.45, 7) is 2.56. The van der Waals surface area contributed by atoms with Gasteiger partial charge in [0.25, 0.3) is 0 Å². The maximum Gasteiger partial charge on any atom is 0.123 e. The number of rotatable bonds is 4. The van der Waals surface area contributed by atoms with Crippen LogP contribution in [0.1, 0.15) is 24.8 Å². The fourth-order valence-electron chi connectivity index (χ4n) is 1.96. The molecule has 1 aliphatic rings. The molecule has 1 aliphatic heterocycles. The van der Waals surface area contributed by atoms with Crippen LogP contribution in [0.25, 0.3) is 0 Å². The molecule has 0 N–H and O–H groups in total. The van der Waals surface area contributed by atoms with Gasteiger partial charge in [-0.1, -0.05) is 12.1 Å². The third-order valence-electron chi connectivity index (χ3n) is 2.90. The smallest absolute Gasteiger partial charge is 0.123 e. The lowest BCUT2D eigenvalue weighted by molar-refractivity contribution is 0.241. The lowest BCUT2D eigenvalue weighted by Gasteiger charge is -2.22. The molecule has 1 heterocycles. The predicted molar refractivity (Wildman–Crippen MR) is 72.5 cm³/mol. The standard InChI is InChI=1S/C14H18FN3/c15-14-6-4-5-13(11-14)12-16-7-8-17-18-9-2-1-3-10-18/h4-8,11H,1-3,9-10,12H2/b16-7?,17-8+. The van der Waals surface area contributed by atoms with E-state index in [2.05, 4.69) is 15.1 Å². The van der Waals surface area contributed by atoms with Crippen LogP contribution in [-0.2, 0) is 6.54 Å². The minimum Gasteiger partial charge on any atom is -0.297 e. The van der Waals surface area contributed by atoms with Crippen LogP contribution >= 0.6 is 0 Å². The number of hydrazone groups is 1. The lowest BCUT2D eigenvalue weighted by atomic mass is 10.2. The van der Waals surface area contributed by atoms with Crippen LogP contribution in [0.2, 0.25) is 0 Å². The summed E-state index contributed by atoms with van der Waals surface area (Å²) < 4.78 is 12.9. The monoisotopic (exact) mass is 247 g/mol. The van der Waals surface area contributed by atoms with Crippen molar-refractivity contribution in [2.24, 2.45) is 10.1 Å². The minimum atomic E-state index is -0.218. The van der Waals surface area contributed by atoms with E-state index in [9.17, 15) is 4.39 Å². The fraction of sp³-hybridized carbons (Fsp3) is 0.429. The Morgan fingerprint density at radius 2 is 2.00 bits per heavy atom. The molecule has 1 aromatic carbocycles. The molecule has 1 aromatic rings. The van der Waals surface area contributed by atoms with Gasteiger partial charge in [-0.15, -0.1) is 0 Å². The Morgan fingerprint density at radius 3 is 2.78 bits per heavy atom. The summed E-state index contributed by atoms with van der Waals surface area (Å²) in [7, 11) is 0. The second kappa shape index (κ2) is 6.89. The van der Waals surface area contributed by atoms with Gasteiger partial charge in [0.05, 0.1) is 12.8 Å². The average Bonchev–Trinajstić information content (AvgIpc) is 2.40. The van der Waals surface area contributed by atoms with E-state index >= 15 is 0 Å². The van der Waals surface area contributed by atoms with Gasteiger partial charge in [0.2, 0.25) is 0 Å². The van der Waals surface area contributed by atoms with E-state index in [1.165, 1.54) is 31.4 Å². The van der Waals surface area contributed by atoms with Crippen molar-refractivity contribution in [3.8, 4) is 0 Å². The number of hydrogen-bond donors (Lipinski definition) is 0. The Hall–Kier alpha value is -1.71. The van der Waals surface area contributed by atoms with Gasteiger partial charge < -0.3 is 0 Å². The second-order valence-electron chi connectivity index (χ2n) is 4.40. The molecule has 0 atom stereocenters. The van der Waals surface area contributed by atoms with Gasteiger partial charge >= 0.3 is 0 Å². The van der Waals surface area contributed by atoms with Crippen molar-refractivity contribution in [2.75, 3.05) is 13.1 Å². The summed E-state index contributed by atoms with van der Waals surface area (Å²) in [5.74, 6) is -0.218. The number of aliphatic imine (C=N–C) groups is 1. The summed E-state index contributed by atoms with van der Waals surface area (Å²) in [4.78, 5) is 4.20. The van der Waals surface area contributed by atoms with E-state index in [0.29, 0.717) is 6.54 Å². The third-order valence-corrected chi connectivity index (χ3v) is 2.90. The van der Waals surface area contributed by atoms with Crippen LogP contribution in [0.4, 0.5) is 4.39 Å². The predicted octanol–water partition coefficient (Wildman–Crippen LogP) is 2.87. The molecule has 96 valence electrons. The highest BCUT2D eigenvalue weighted by Crippen LogP contribution is 2.07. The first-order valence-corrected chi connectivity index (χ1v) is 6.36. The second-order valence-corrected chi connectivity index (χ2v) is 4.40.